The molecule has 4 heteroatoms. The lowest BCUT2D eigenvalue weighted by molar-refractivity contribution is 0.0600. The van der Waals surface area contributed by atoms with E-state index in [1.54, 1.807) is 0 Å². The first-order valence-corrected chi connectivity index (χ1v) is 6.93. The maximum atomic E-state index is 11.7. The van der Waals surface area contributed by atoms with Crippen LogP contribution in [-0.4, -0.2) is 25.7 Å². The van der Waals surface area contributed by atoms with Crippen LogP contribution in [0.4, 0.5) is 5.69 Å². The second-order valence-electron chi connectivity index (χ2n) is 5.03. The van der Waals surface area contributed by atoms with E-state index in [1.807, 2.05) is 12.1 Å². The molecular weight excluding hydrogens is 294 g/mol. The number of halogens is 1. The predicted molar refractivity (Wildman–Crippen MR) is 76.4 cm³/mol. The number of fused-ring (bicyclic) bond motifs is 1. The van der Waals surface area contributed by atoms with Crippen LogP contribution >= 0.6 is 15.9 Å². The molecule has 1 heterocycles. The summed E-state index contributed by atoms with van der Waals surface area (Å²) in [5.41, 5.74) is 3.03. The molecule has 1 atom stereocenters. The number of hydrogen-bond donors (Lipinski definition) is 0. The summed E-state index contributed by atoms with van der Waals surface area (Å²) in [6, 6.07) is 4.22. The molecule has 0 fully saturated rings. The van der Waals surface area contributed by atoms with Crippen LogP contribution in [0.2, 0.25) is 0 Å². The summed E-state index contributed by atoms with van der Waals surface area (Å²) in [4.78, 5) is 14.0. The molecule has 0 N–H and O–H groups in total. The maximum Gasteiger partial charge on any atom is 0.337 e. The van der Waals surface area contributed by atoms with Gasteiger partial charge in [0.25, 0.3) is 0 Å². The number of nitrogens with zero attached hydrogens (tertiary/aromatic N) is 1. The molecule has 0 aromatic heterocycles. The summed E-state index contributed by atoms with van der Waals surface area (Å²) in [6.45, 7) is 7.54. The van der Waals surface area contributed by atoms with Gasteiger partial charge in [0, 0.05) is 28.7 Å². The van der Waals surface area contributed by atoms with Crippen molar-refractivity contribution in [2.75, 3.05) is 18.6 Å². The molecule has 1 aliphatic heterocycles. The van der Waals surface area contributed by atoms with Crippen LogP contribution in [0.5, 0.6) is 0 Å². The number of methoxy groups -OCH3 is 1. The van der Waals surface area contributed by atoms with Crippen molar-refractivity contribution in [3.63, 3.8) is 0 Å². The van der Waals surface area contributed by atoms with E-state index in [1.165, 1.54) is 12.7 Å². The maximum absolute atomic E-state index is 11.7. The fourth-order valence-electron chi connectivity index (χ4n) is 2.54. The summed E-state index contributed by atoms with van der Waals surface area (Å²) >= 11 is 3.58. The van der Waals surface area contributed by atoms with Crippen molar-refractivity contribution < 1.29 is 9.53 Å². The largest absolute Gasteiger partial charge is 0.465 e. The fraction of sp³-hybridized carbons (Fsp3) is 0.500. The van der Waals surface area contributed by atoms with Gasteiger partial charge in [-0.1, -0.05) is 22.9 Å². The molecule has 0 saturated carbocycles. The minimum atomic E-state index is -0.290. The molecule has 0 spiro atoms. The number of carbonyl (C=O) groups excluding carboxylic acids is 1. The lowest BCUT2D eigenvalue weighted by Gasteiger charge is -2.24. The zero-order valence-corrected chi connectivity index (χ0v) is 12.7. The van der Waals surface area contributed by atoms with Gasteiger partial charge in [0.2, 0.25) is 0 Å². The van der Waals surface area contributed by atoms with Crippen molar-refractivity contribution in [3.05, 3.63) is 27.7 Å². The number of hydrogen-bond acceptors (Lipinski definition) is 3. The summed E-state index contributed by atoms with van der Waals surface area (Å²) < 4.78 is 5.79. The molecule has 0 bridgehead atoms. The molecule has 1 aromatic rings. The first kappa shape index (κ1) is 13.4. The van der Waals surface area contributed by atoms with E-state index < -0.39 is 0 Å². The number of esters is 1. The molecule has 3 nitrogen and oxygen atoms in total. The molecular formula is C14H18BrNO2. The molecule has 0 aliphatic carbocycles. The summed E-state index contributed by atoms with van der Waals surface area (Å²) in [6.07, 6.45) is 0. The SMILES string of the molecule is COC(=O)c1cc(Br)c2c(c1)N(C(C)C)CC2C. The molecule has 0 amide bonds. The van der Waals surface area contributed by atoms with Crippen molar-refractivity contribution in [1.82, 2.24) is 0 Å². The fourth-order valence-corrected chi connectivity index (χ4v) is 3.38. The zero-order chi connectivity index (χ0) is 13.4. The summed E-state index contributed by atoms with van der Waals surface area (Å²) in [7, 11) is 1.41. The Bertz CT molecular complexity index is 485. The quantitative estimate of drug-likeness (QED) is 0.782. The predicted octanol–water partition coefficient (Wildman–Crippen LogP) is 3.57. The van der Waals surface area contributed by atoms with Crippen molar-refractivity contribution >= 4 is 27.6 Å². The van der Waals surface area contributed by atoms with Crippen molar-refractivity contribution in [2.24, 2.45) is 0 Å². The minimum Gasteiger partial charge on any atom is -0.465 e. The van der Waals surface area contributed by atoms with E-state index >= 15 is 0 Å². The average molecular weight is 312 g/mol. The van der Waals surface area contributed by atoms with Gasteiger partial charge in [-0.05, 0) is 31.5 Å². The second-order valence-corrected chi connectivity index (χ2v) is 5.88. The van der Waals surface area contributed by atoms with E-state index in [0.29, 0.717) is 17.5 Å². The van der Waals surface area contributed by atoms with Crippen LogP contribution in [0.3, 0.4) is 0 Å². The van der Waals surface area contributed by atoms with Crippen molar-refractivity contribution in [2.45, 2.75) is 32.7 Å². The van der Waals surface area contributed by atoms with Gasteiger partial charge in [-0.2, -0.15) is 0 Å². The molecule has 98 valence electrons. The van der Waals surface area contributed by atoms with Gasteiger partial charge in [0.05, 0.1) is 12.7 Å². The second kappa shape index (κ2) is 4.92. The summed E-state index contributed by atoms with van der Waals surface area (Å²) in [5.74, 6) is 0.185. The van der Waals surface area contributed by atoms with Crippen molar-refractivity contribution in [1.29, 1.82) is 0 Å². The number of anilines is 1. The Hall–Kier alpha value is -1.03. The Labute approximate surface area is 116 Å². The minimum absolute atomic E-state index is 0.290. The van der Waals surface area contributed by atoms with Gasteiger partial charge in [-0.25, -0.2) is 4.79 Å². The van der Waals surface area contributed by atoms with Crippen LogP contribution in [0.25, 0.3) is 0 Å². The Kier molecular flexibility index (Phi) is 3.66. The van der Waals surface area contributed by atoms with Crippen LogP contribution in [0, 0.1) is 0 Å². The van der Waals surface area contributed by atoms with Gasteiger partial charge in [0.1, 0.15) is 0 Å². The smallest absolute Gasteiger partial charge is 0.337 e. The van der Waals surface area contributed by atoms with E-state index in [2.05, 4.69) is 41.6 Å². The van der Waals surface area contributed by atoms with E-state index in [4.69, 9.17) is 4.74 Å². The highest BCUT2D eigenvalue weighted by atomic mass is 79.9. The van der Waals surface area contributed by atoms with Crippen LogP contribution in [-0.2, 0) is 4.74 Å². The number of carbonyl (C=O) groups is 1. The normalized spacial score (nSPS) is 18.1. The van der Waals surface area contributed by atoms with Crippen molar-refractivity contribution in [3.8, 4) is 0 Å². The highest BCUT2D eigenvalue weighted by Crippen LogP contribution is 2.42. The van der Waals surface area contributed by atoms with E-state index in [0.717, 1.165) is 16.7 Å². The monoisotopic (exact) mass is 311 g/mol. The van der Waals surface area contributed by atoms with Gasteiger partial charge >= 0.3 is 5.97 Å². The zero-order valence-electron chi connectivity index (χ0n) is 11.2. The molecule has 0 saturated heterocycles. The number of ether oxygens (including phenoxy) is 1. The highest BCUT2D eigenvalue weighted by molar-refractivity contribution is 9.10. The molecule has 1 aliphatic rings. The van der Waals surface area contributed by atoms with Crippen LogP contribution < -0.4 is 4.90 Å². The third-order valence-electron chi connectivity index (χ3n) is 3.42. The Morgan fingerprint density at radius 3 is 2.72 bits per heavy atom. The topological polar surface area (TPSA) is 29.5 Å². The van der Waals surface area contributed by atoms with E-state index in [-0.39, 0.29) is 5.97 Å². The van der Waals surface area contributed by atoms with Crippen LogP contribution in [0.15, 0.2) is 16.6 Å². The lowest BCUT2D eigenvalue weighted by Crippen LogP contribution is -2.29. The molecule has 0 radical (unpaired) electrons. The first-order chi connectivity index (χ1) is 8.45. The highest BCUT2D eigenvalue weighted by Gasteiger charge is 2.30. The van der Waals surface area contributed by atoms with Gasteiger partial charge < -0.3 is 9.64 Å². The van der Waals surface area contributed by atoms with Gasteiger partial charge in [0.15, 0.2) is 0 Å². The molecule has 2 rings (SSSR count). The average Bonchev–Trinajstić information content (AvgIpc) is 2.66. The Balaban J connectivity index is 2.54. The van der Waals surface area contributed by atoms with Gasteiger partial charge in [-0.15, -0.1) is 0 Å². The first-order valence-electron chi connectivity index (χ1n) is 6.14. The van der Waals surface area contributed by atoms with Gasteiger partial charge in [-0.3, -0.25) is 0 Å². The molecule has 1 unspecified atom stereocenters. The number of benzene rings is 1. The summed E-state index contributed by atoms with van der Waals surface area (Å²) in [5, 5.41) is 0. The molecule has 1 aromatic carbocycles. The third kappa shape index (κ3) is 2.14. The number of rotatable bonds is 2. The van der Waals surface area contributed by atoms with Crippen LogP contribution in [0.1, 0.15) is 42.6 Å². The Morgan fingerprint density at radius 1 is 1.50 bits per heavy atom. The standard InChI is InChI=1S/C14H18BrNO2/c1-8(2)16-7-9(3)13-11(15)5-10(6-12(13)16)14(17)18-4/h5-6,8-9H,7H2,1-4H3. The lowest BCUT2D eigenvalue weighted by atomic mass is 10.0. The third-order valence-corrected chi connectivity index (χ3v) is 4.08. The Morgan fingerprint density at radius 2 is 2.17 bits per heavy atom. The molecule has 18 heavy (non-hydrogen) atoms. The van der Waals surface area contributed by atoms with E-state index in [9.17, 15) is 4.79 Å².